The lowest BCUT2D eigenvalue weighted by Crippen LogP contribution is -1.98. The Hall–Kier alpha value is -1.24. The molecule has 0 aliphatic rings. The highest BCUT2D eigenvalue weighted by atomic mass is 14.9. The maximum absolute atomic E-state index is 3.98. The summed E-state index contributed by atoms with van der Waals surface area (Å²) in [6, 6.07) is 6.40. The molecule has 1 nitrogen and oxygen atoms in total. The quantitative estimate of drug-likeness (QED) is 0.754. The number of rotatable bonds is 4. The van der Waals surface area contributed by atoms with Crippen LogP contribution in [0, 0.1) is 13.8 Å². The number of nitrogens with one attached hydrogen (secondary N) is 1. The summed E-state index contributed by atoms with van der Waals surface area (Å²) < 4.78 is 0. The molecule has 1 aromatic carbocycles. The minimum absolute atomic E-state index is 1.03. The smallest absolute Gasteiger partial charge is 0.0384 e. The zero-order valence-corrected chi connectivity index (χ0v) is 9.35. The van der Waals surface area contributed by atoms with Gasteiger partial charge in [0.15, 0.2) is 0 Å². The first-order chi connectivity index (χ1) is 6.63. The molecule has 0 amide bonds. The summed E-state index contributed by atoms with van der Waals surface area (Å²) in [6.45, 7) is 10.4. The van der Waals surface area contributed by atoms with Crippen LogP contribution in [0.4, 0.5) is 5.69 Å². The second-order valence-corrected chi connectivity index (χ2v) is 3.78. The third-order valence-corrected chi connectivity index (χ3v) is 2.38. The summed E-state index contributed by atoms with van der Waals surface area (Å²) in [7, 11) is 0. The summed E-state index contributed by atoms with van der Waals surface area (Å²) in [5.74, 6) is 0. The number of hydrogen-bond donors (Lipinski definition) is 1. The molecule has 0 spiro atoms. The molecule has 0 aliphatic carbocycles. The Morgan fingerprint density at radius 1 is 1.29 bits per heavy atom. The first kappa shape index (κ1) is 10.8. The number of anilines is 1. The highest BCUT2D eigenvalue weighted by Crippen LogP contribution is 2.16. The molecule has 0 bridgehead atoms. The average Bonchev–Trinajstić information content (AvgIpc) is 2.12. The van der Waals surface area contributed by atoms with E-state index < -0.39 is 0 Å². The molecule has 0 fully saturated rings. The van der Waals surface area contributed by atoms with Crippen LogP contribution in [-0.4, -0.2) is 0 Å². The molecule has 14 heavy (non-hydrogen) atoms. The van der Waals surface area contributed by atoms with Gasteiger partial charge in [-0.25, -0.2) is 0 Å². The summed E-state index contributed by atoms with van der Waals surface area (Å²) in [5.41, 5.74) is 4.89. The van der Waals surface area contributed by atoms with Crippen molar-refractivity contribution in [3.8, 4) is 0 Å². The standard InChI is InChI=1S/C13H19N/c1-5-6-12(4)14-13-8-7-10(2)11(3)9-13/h7-9,14H,4-6H2,1-3H3. The highest BCUT2D eigenvalue weighted by Gasteiger charge is 1.97. The number of allylic oxidation sites excluding steroid dienone is 1. The topological polar surface area (TPSA) is 12.0 Å². The Bertz CT molecular complexity index is 326. The van der Waals surface area contributed by atoms with E-state index in [1.807, 2.05) is 0 Å². The van der Waals surface area contributed by atoms with Crippen molar-refractivity contribution in [1.29, 1.82) is 0 Å². The first-order valence-electron chi connectivity index (χ1n) is 5.15. The largest absolute Gasteiger partial charge is 0.359 e. The third kappa shape index (κ3) is 2.91. The maximum atomic E-state index is 3.98. The molecule has 1 heteroatoms. The Morgan fingerprint density at radius 3 is 2.57 bits per heavy atom. The Balaban J connectivity index is 2.68. The van der Waals surface area contributed by atoms with Gasteiger partial charge in [0.2, 0.25) is 0 Å². The molecular weight excluding hydrogens is 170 g/mol. The molecule has 0 aliphatic heterocycles. The molecule has 0 heterocycles. The lowest BCUT2D eigenvalue weighted by molar-refractivity contribution is 0.913. The van der Waals surface area contributed by atoms with Gasteiger partial charge in [0.1, 0.15) is 0 Å². The van der Waals surface area contributed by atoms with Crippen molar-refractivity contribution in [1.82, 2.24) is 0 Å². The SMILES string of the molecule is C=C(CCC)Nc1ccc(C)c(C)c1. The van der Waals surface area contributed by atoms with Crippen LogP contribution in [0.3, 0.4) is 0 Å². The second kappa shape index (κ2) is 4.85. The number of aryl methyl sites for hydroxylation is 2. The van der Waals surface area contributed by atoms with E-state index >= 15 is 0 Å². The lowest BCUT2D eigenvalue weighted by atomic mass is 10.1. The predicted molar refractivity (Wildman–Crippen MR) is 63.6 cm³/mol. The molecule has 0 radical (unpaired) electrons. The Labute approximate surface area is 86.8 Å². The van der Waals surface area contributed by atoms with E-state index in [0.717, 1.165) is 24.2 Å². The van der Waals surface area contributed by atoms with Crippen LogP contribution in [0.5, 0.6) is 0 Å². The summed E-state index contributed by atoms with van der Waals surface area (Å²) in [6.07, 6.45) is 2.17. The van der Waals surface area contributed by atoms with Crippen molar-refractivity contribution >= 4 is 5.69 Å². The van der Waals surface area contributed by atoms with E-state index in [2.05, 4.69) is 50.9 Å². The highest BCUT2D eigenvalue weighted by molar-refractivity contribution is 5.51. The van der Waals surface area contributed by atoms with Crippen molar-refractivity contribution in [2.45, 2.75) is 33.6 Å². The van der Waals surface area contributed by atoms with Crippen LogP contribution in [0.2, 0.25) is 0 Å². The molecule has 0 atom stereocenters. The molecule has 1 N–H and O–H groups in total. The fourth-order valence-corrected chi connectivity index (χ4v) is 1.39. The minimum Gasteiger partial charge on any atom is -0.359 e. The van der Waals surface area contributed by atoms with Gasteiger partial charge in [-0.05, 0) is 43.5 Å². The van der Waals surface area contributed by atoms with Gasteiger partial charge in [0.25, 0.3) is 0 Å². The van der Waals surface area contributed by atoms with Crippen molar-refractivity contribution in [2.75, 3.05) is 5.32 Å². The van der Waals surface area contributed by atoms with Gasteiger partial charge in [-0.3, -0.25) is 0 Å². The normalized spacial score (nSPS) is 9.93. The molecule has 0 unspecified atom stereocenters. The molecule has 1 aromatic rings. The van der Waals surface area contributed by atoms with Gasteiger partial charge in [-0.1, -0.05) is 26.0 Å². The van der Waals surface area contributed by atoms with Gasteiger partial charge in [-0.15, -0.1) is 0 Å². The summed E-state index contributed by atoms with van der Waals surface area (Å²) in [5, 5.41) is 3.32. The van der Waals surface area contributed by atoms with Gasteiger partial charge >= 0.3 is 0 Å². The van der Waals surface area contributed by atoms with Crippen molar-refractivity contribution in [3.63, 3.8) is 0 Å². The molecule has 1 rings (SSSR count). The van der Waals surface area contributed by atoms with Crippen molar-refractivity contribution < 1.29 is 0 Å². The van der Waals surface area contributed by atoms with E-state index in [0.29, 0.717) is 0 Å². The van der Waals surface area contributed by atoms with E-state index in [-0.39, 0.29) is 0 Å². The van der Waals surface area contributed by atoms with E-state index in [9.17, 15) is 0 Å². The van der Waals surface area contributed by atoms with Crippen LogP contribution in [0.1, 0.15) is 30.9 Å². The van der Waals surface area contributed by atoms with Crippen molar-refractivity contribution in [3.05, 3.63) is 41.6 Å². The maximum Gasteiger partial charge on any atom is 0.0384 e. The Kier molecular flexibility index (Phi) is 3.75. The van der Waals surface area contributed by atoms with Gasteiger partial charge in [0.05, 0.1) is 0 Å². The predicted octanol–water partition coefficient (Wildman–Crippen LogP) is 4.03. The van der Waals surface area contributed by atoms with Gasteiger partial charge in [0, 0.05) is 11.4 Å². The minimum atomic E-state index is 1.03. The lowest BCUT2D eigenvalue weighted by Gasteiger charge is -2.10. The van der Waals surface area contributed by atoms with E-state index in [1.54, 1.807) is 0 Å². The molecule has 0 saturated heterocycles. The van der Waals surface area contributed by atoms with Crippen LogP contribution in [-0.2, 0) is 0 Å². The van der Waals surface area contributed by atoms with Gasteiger partial charge in [-0.2, -0.15) is 0 Å². The fourth-order valence-electron chi connectivity index (χ4n) is 1.39. The molecule has 0 saturated carbocycles. The first-order valence-corrected chi connectivity index (χ1v) is 5.15. The van der Waals surface area contributed by atoms with Crippen LogP contribution in [0.25, 0.3) is 0 Å². The Morgan fingerprint density at radius 2 is 2.00 bits per heavy atom. The monoisotopic (exact) mass is 189 g/mol. The number of benzene rings is 1. The van der Waals surface area contributed by atoms with E-state index in [1.165, 1.54) is 11.1 Å². The number of hydrogen-bond acceptors (Lipinski definition) is 1. The molecule has 0 aromatic heterocycles. The van der Waals surface area contributed by atoms with Crippen molar-refractivity contribution in [2.24, 2.45) is 0 Å². The van der Waals surface area contributed by atoms with Crippen LogP contribution >= 0.6 is 0 Å². The molecule has 76 valence electrons. The fraction of sp³-hybridized carbons (Fsp3) is 0.385. The zero-order valence-electron chi connectivity index (χ0n) is 9.35. The van der Waals surface area contributed by atoms with Crippen LogP contribution in [0.15, 0.2) is 30.5 Å². The summed E-state index contributed by atoms with van der Waals surface area (Å²) >= 11 is 0. The van der Waals surface area contributed by atoms with Gasteiger partial charge < -0.3 is 5.32 Å². The summed E-state index contributed by atoms with van der Waals surface area (Å²) in [4.78, 5) is 0. The third-order valence-electron chi connectivity index (χ3n) is 2.38. The van der Waals surface area contributed by atoms with Crippen LogP contribution < -0.4 is 5.32 Å². The average molecular weight is 189 g/mol. The molecular formula is C13H19N. The zero-order chi connectivity index (χ0) is 10.6. The second-order valence-electron chi connectivity index (χ2n) is 3.78. The van der Waals surface area contributed by atoms with E-state index in [4.69, 9.17) is 0 Å².